The molecule has 3 aromatic rings. The van der Waals surface area contributed by atoms with Crippen molar-refractivity contribution in [2.45, 2.75) is 40.0 Å². The van der Waals surface area contributed by atoms with E-state index in [-0.39, 0.29) is 18.6 Å². The number of ketones is 1. The first-order valence-corrected chi connectivity index (χ1v) is 7.89. The van der Waals surface area contributed by atoms with E-state index in [0.29, 0.717) is 6.42 Å². The molecule has 1 heterocycles. The molecular weight excluding hydrogens is 296 g/mol. The van der Waals surface area contributed by atoms with E-state index < -0.39 is 0 Å². The summed E-state index contributed by atoms with van der Waals surface area (Å²) < 4.78 is 1.84. The van der Waals surface area contributed by atoms with Crippen LogP contribution in [-0.4, -0.2) is 15.6 Å². The summed E-state index contributed by atoms with van der Waals surface area (Å²) in [5, 5.41) is 5.32. The molecular formula is C21H26N2O. The lowest BCUT2D eigenvalue weighted by atomic mass is 9.85. The van der Waals surface area contributed by atoms with Crippen molar-refractivity contribution in [3.8, 4) is 0 Å². The van der Waals surface area contributed by atoms with Gasteiger partial charge in [-0.25, -0.2) is 0 Å². The Morgan fingerprint density at radius 3 is 2.58 bits per heavy atom. The lowest BCUT2D eigenvalue weighted by Crippen LogP contribution is -2.12. The van der Waals surface area contributed by atoms with E-state index in [9.17, 15) is 4.79 Å². The first-order chi connectivity index (χ1) is 10.8. The number of nitrogens with zero attached hydrogens (tertiary/aromatic N) is 2. The molecule has 0 aliphatic heterocycles. The molecule has 0 fully saturated rings. The third-order valence-electron chi connectivity index (χ3n) is 4.23. The number of aromatic nitrogens is 2. The van der Waals surface area contributed by atoms with Gasteiger partial charge in [0.25, 0.3) is 0 Å². The molecule has 24 heavy (non-hydrogen) atoms. The number of carbonyl (C=O) groups excluding carboxylic acids is 1. The third kappa shape index (κ3) is 3.56. The van der Waals surface area contributed by atoms with Crippen LogP contribution in [0.4, 0.5) is 0 Å². The minimum absolute atomic E-state index is 0. The second-order valence-electron chi connectivity index (χ2n) is 7.09. The van der Waals surface area contributed by atoms with Crippen molar-refractivity contribution in [3.63, 3.8) is 0 Å². The molecule has 0 bridgehead atoms. The Hall–Kier alpha value is -2.42. The summed E-state index contributed by atoms with van der Waals surface area (Å²) in [5.41, 5.74) is 4.12. The van der Waals surface area contributed by atoms with E-state index in [1.165, 1.54) is 5.56 Å². The second-order valence-corrected chi connectivity index (χ2v) is 7.09. The molecule has 0 N–H and O–H groups in total. The highest BCUT2D eigenvalue weighted by atomic mass is 16.1. The van der Waals surface area contributed by atoms with Gasteiger partial charge in [-0.2, -0.15) is 5.10 Å². The van der Waals surface area contributed by atoms with Crippen LogP contribution in [0.25, 0.3) is 10.9 Å². The smallest absolute Gasteiger partial charge is 0.167 e. The highest BCUT2D eigenvalue weighted by Gasteiger charge is 2.16. The average Bonchev–Trinajstić information content (AvgIpc) is 2.87. The summed E-state index contributed by atoms with van der Waals surface area (Å²) in [6.45, 7) is 6.48. The van der Waals surface area contributed by atoms with Gasteiger partial charge in [0.05, 0.1) is 11.7 Å². The molecule has 3 heteroatoms. The molecule has 0 saturated heterocycles. The Balaban J connectivity index is 0.00000208. The first kappa shape index (κ1) is 17.9. The summed E-state index contributed by atoms with van der Waals surface area (Å²) in [6, 6.07) is 14.1. The summed E-state index contributed by atoms with van der Waals surface area (Å²) >= 11 is 0. The number of benzene rings is 2. The van der Waals surface area contributed by atoms with Crippen LogP contribution < -0.4 is 0 Å². The highest BCUT2D eigenvalue weighted by molar-refractivity contribution is 5.98. The van der Waals surface area contributed by atoms with Gasteiger partial charge in [-0.05, 0) is 34.7 Å². The van der Waals surface area contributed by atoms with Gasteiger partial charge < -0.3 is 0 Å². The van der Waals surface area contributed by atoms with Crippen LogP contribution >= 0.6 is 0 Å². The maximum atomic E-state index is 12.6. The molecule has 0 spiro atoms. The molecule has 3 rings (SSSR count). The molecule has 0 aliphatic rings. The lowest BCUT2D eigenvalue weighted by Gasteiger charge is -2.19. The molecule has 0 amide bonds. The predicted molar refractivity (Wildman–Crippen MR) is 101 cm³/mol. The minimum atomic E-state index is 0. The Bertz CT molecular complexity index is 869. The average molecular weight is 322 g/mol. The molecule has 3 nitrogen and oxygen atoms in total. The van der Waals surface area contributed by atoms with Crippen molar-refractivity contribution in [1.29, 1.82) is 0 Å². The number of Topliss-reactive ketones (excluding diaryl/α,β-unsaturated/α-hetero) is 1. The van der Waals surface area contributed by atoms with E-state index in [2.05, 4.69) is 31.9 Å². The van der Waals surface area contributed by atoms with Gasteiger partial charge in [-0.15, -0.1) is 0 Å². The number of carbonyl (C=O) groups is 1. The molecule has 0 unspecified atom stereocenters. The van der Waals surface area contributed by atoms with Crippen LogP contribution in [0.1, 0.15) is 49.7 Å². The lowest BCUT2D eigenvalue weighted by molar-refractivity contribution is 0.0993. The van der Waals surface area contributed by atoms with Crippen LogP contribution in [-0.2, 0) is 18.9 Å². The van der Waals surface area contributed by atoms with E-state index in [4.69, 9.17) is 0 Å². The van der Waals surface area contributed by atoms with Crippen molar-refractivity contribution in [2.75, 3.05) is 0 Å². The van der Waals surface area contributed by atoms with Gasteiger partial charge in [-0.1, -0.05) is 52.5 Å². The number of fused-ring (bicyclic) bond motifs is 1. The Morgan fingerprint density at radius 2 is 1.88 bits per heavy atom. The van der Waals surface area contributed by atoms with Crippen molar-refractivity contribution in [3.05, 3.63) is 65.4 Å². The molecule has 0 atom stereocenters. The zero-order chi connectivity index (χ0) is 16.6. The number of aryl methyl sites for hydroxylation is 1. The Labute approximate surface area is 144 Å². The minimum Gasteiger partial charge on any atom is -0.294 e. The summed E-state index contributed by atoms with van der Waals surface area (Å²) in [7, 11) is 1.92. The second kappa shape index (κ2) is 6.60. The highest BCUT2D eigenvalue weighted by Crippen LogP contribution is 2.23. The predicted octanol–water partition coefficient (Wildman–Crippen LogP) is 4.93. The molecule has 0 saturated carbocycles. The van der Waals surface area contributed by atoms with E-state index in [1.54, 1.807) is 0 Å². The quantitative estimate of drug-likeness (QED) is 0.641. The Morgan fingerprint density at radius 1 is 1.12 bits per heavy atom. The van der Waals surface area contributed by atoms with E-state index >= 15 is 0 Å². The molecule has 126 valence electrons. The van der Waals surface area contributed by atoms with Crippen molar-refractivity contribution >= 4 is 16.7 Å². The van der Waals surface area contributed by atoms with Crippen molar-refractivity contribution < 1.29 is 4.79 Å². The maximum Gasteiger partial charge on any atom is 0.167 e. The number of rotatable bonds is 3. The van der Waals surface area contributed by atoms with Gasteiger partial charge in [-0.3, -0.25) is 9.48 Å². The SMILES string of the molecule is C.Cn1ncc2cc(CC(=O)c3cccc(C(C)(C)C)c3)ccc21. The molecule has 2 aromatic carbocycles. The maximum absolute atomic E-state index is 12.6. The fourth-order valence-electron chi connectivity index (χ4n) is 2.77. The first-order valence-electron chi connectivity index (χ1n) is 7.89. The van der Waals surface area contributed by atoms with Crippen molar-refractivity contribution in [2.24, 2.45) is 7.05 Å². The number of hydrogen-bond acceptors (Lipinski definition) is 2. The number of hydrogen-bond donors (Lipinski definition) is 0. The summed E-state index contributed by atoms with van der Waals surface area (Å²) in [5.74, 6) is 0.152. The third-order valence-corrected chi connectivity index (χ3v) is 4.23. The normalized spacial score (nSPS) is 11.3. The zero-order valence-corrected chi connectivity index (χ0v) is 14.1. The van der Waals surface area contributed by atoms with Gasteiger partial charge in [0.1, 0.15) is 0 Å². The van der Waals surface area contributed by atoms with Crippen LogP contribution in [0, 0.1) is 0 Å². The van der Waals surface area contributed by atoms with Gasteiger partial charge in [0, 0.05) is 24.4 Å². The monoisotopic (exact) mass is 322 g/mol. The van der Waals surface area contributed by atoms with Crippen LogP contribution in [0.2, 0.25) is 0 Å². The van der Waals surface area contributed by atoms with Crippen LogP contribution in [0.5, 0.6) is 0 Å². The van der Waals surface area contributed by atoms with Crippen LogP contribution in [0.3, 0.4) is 0 Å². The molecule has 0 radical (unpaired) electrons. The molecule has 1 aromatic heterocycles. The van der Waals surface area contributed by atoms with E-state index in [1.807, 2.05) is 54.3 Å². The standard InChI is InChI=1S/C20H22N2O.CH4/c1-20(2,3)17-7-5-6-15(12-17)19(23)11-14-8-9-18-16(10-14)13-21-22(18)4;/h5-10,12-13H,11H2,1-4H3;1H4. The van der Waals surface area contributed by atoms with Gasteiger partial charge in [0.15, 0.2) is 5.78 Å². The summed E-state index contributed by atoms with van der Waals surface area (Å²) in [6.07, 6.45) is 2.25. The molecule has 0 aliphatic carbocycles. The summed E-state index contributed by atoms with van der Waals surface area (Å²) in [4.78, 5) is 12.6. The van der Waals surface area contributed by atoms with Crippen molar-refractivity contribution in [1.82, 2.24) is 9.78 Å². The fraction of sp³-hybridized carbons (Fsp3) is 0.333. The Kier molecular flexibility index (Phi) is 4.93. The van der Waals surface area contributed by atoms with E-state index in [0.717, 1.165) is 22.0 Å². The zero-order valence-electron chi connectivity index (χ0n) is 14.1. The topological polar surface area (TPSA) is 34.9 Å². The van der Waals surface area contributed by atoms with Crippen LogP contribution in [0.15, 0.2) is 48.7 Å². The van der Waals surface area contributed by atoms with Gasteiger partial charge >= 0.3 is 0 Å². The fourth-order valence-corrected chi connectivity index (χ4v) is 2.77. The largest absolute Gasteiger partial charge is 0.294 e. The van der Waals surface area contributed by atoms with Gasteiger partial charge in [0.2, 0.25) is 0 Å².